The van der Waals surface area contributed by atoms with Gasteiger partial charge in [-0.15, -0.1) is 0 Å². The Morgan fingerprint density at radius 1 is 1.27 bits per heavy atom. The van der Waals surface area contributed by atoms with Crippen molar-refractivity contribution >= 4 is 23.5 Å². The number of hydrogen-bond acceptors (Lipinski definition) is 6. The first-order chi connectivity index (χ1) is 14.5. The summed E-state index contributed by atoms with van der Waals surface area (Å²) in [7, 11) is 0. The van der Waals surface area contributed by atoms with Crippen LogP contribution in [0.4, 0.5) is 16.3 Å². The third-order valence-electron chi connectivity index (χ3n) is 6.82. The summed E-state index contributed by atoms with van der Waals surface area (Å²) in [5.41, 5.74) is 0.268. The number of rotatable bonds is 4. The Kier molecular flexibility index (Phi) is 6.13. The summed E-state index contributed by atoms with van der Waals surface area (Å²) in [6.07, 6.45) is 7.12. The molecule has 2 amide bonds. The molecule has 1 atom stereocenters. The number of likely N-dealkylation sites (tertiary alicyclic amines) is 1. The van der Waals surface area contributed by atoms with Gasteiger partial charge < -0.3 is 19.6 Å². The molecule has 0 aromatic carbocycles. The van der Waals surface area contributed by atoms with Crippen LogP contribution in [0.15, 0.2) is 18.3 Å². The van der Waals surface area contributed by atoms with Gasteiger partial charge in [-0.05, 0) is 64.0 Å². The highest BCUT2D eigenvalue weighted by molar-refractivity contribution is 5.86. The van der Waals surface area contributed by atoms with E-state index in [0.717, 1.165) is 63.9 Å². The van der Waals surface area contributed by atoms with Crippen molar-refractivity contribution in [2.45, 2.75) is 64.0 Å². The number of hydrogen-bond donors (Lipinski definition) is 2. The largest absolute Gasteiger partial charge is 0.450 e. The zero-order chi connectivity index (χ0) is 21.1. The van der Waals surface area contributed by atoms with Crippen LogP contribution in [0.25, 0.3) is 0 Å². The van der Waals surface area contributed by atoms with Crippen molar-refractivity contribution in [2.75, 3.05) is 36.5 Å². The van der Waals surface area contributed by atoms with Crippen molar-refractivity contribution < 1.29 is 19.4 Å². The topological polar surface area (TPSA) is 95.0 Å². The number of amides is 2. The van der Waals surface area contributed by atoms with E-state index in [0.29, 0.717) is 18.8 Å². The van der Waals surface area contributed by atoms with Gasteiger partial charge in [0.05, 0.1) is 30.0 Å². The van der Waals surface area contributed by atoms with Gasteiger partial charge in [-0.25, -0.2) is 9.78 Å². The van der Waals surface area contributed by atoms with E-state index >= 15 is 0 Å². The molecular formula is C22H32N4O4. The number of aromatic nitrogens is 1. The predicted octanol–water partition coefficient (Wildman–Crippen LogP) is 2.77. The van der Waals surface area contributed by atoms with Crippen LogP contribution in [0, 0.1) is 5.41 Å². The standard InChI is InChI=1S/C22H32N4O4/c1-2-30-21(29)24-16-4-9-19(23-14-16)25-12-3-10-22(15-25)11-13-26(20(22)28)17-5-7-18(27)8-6-17/h4,9,14,17-18,27H,2-3,5-8,10-13,15H2,1H3,(H,24,29)/t17?,18?,22-/m1/s1. The number of nitrogens with zero attached hydrogens (tertiary/aromatic N) is 3. The number of ether oxygens (including phenoxy) is 1. The van der Waals surface area contributed by atoms with E-state index in [-0.39, 0.29) is 23.5 Å². The summed E-state index contributed by atoms with van der Waals surface area (Å²) in [4.78, 5) is 33.8. The second-order valence-corrected chi connectivity index (χ2v) is 8.77. The first-order valence-electron chi connectivity index (χ1n) is 11.1. The molecule has 2 saturated heterocycles. The maximum absolute atomic E-state index is 13.4. The number of nitrogens with one attached hydrogen (secondary N) is 1. The van der Waals surface area contributed by atoms with Gasteiger partial charge in [0.1, 0.15) is 5.82 Å². The highest BCUT2D eigenvalue weighted by Gasteiger charge is 2.50. The molecule has 8 nitrogen and oxygen atoms in total. The Labute approximate surface area is 177 Å². The molecule has 3 aliphatic rings. The summed E-state index contributed by atoms with van der Waals surface area (Å²) in [6.45, 7) is 4.47. The van der Waals surface area contributed by atoms with E-state index in [1.165, 1.54) is 0 Å². The Morgan fingerprint density at radius 2 is 2.07 bits per heavy atom. The van der Waals surface area contributed by atoms with Gasteiger partial charge in [0.15, 0.2) is 0 Å². The minimum atomic E-state index is -0.490. The molecule has 2 N–H and O–H groups in total. The number of pyridine rings is 1. The predicted molar refractivity (Wildman–Crippen MR) is 113 cm³/mol. The molecule has 1 aromatic rings. The molecule has 3 heterocycles. The van der Waals surface area contributed by atoms with E-state index in [4.69, 9.17) is 4.74 Å². The number of carbonyl (C=O) groups excluding carboxylic acids is 2. The number of anilines is 2. The normalized spacial score (nSPS) is 29.3. The zero-order valence-electron chi connectivity index (χ0n) is 17.7. The van der Waals surface area contributed by atoms with Crippen molar-refractivity contribution in [3.63, 3.8) is 0 Å². The van der Waals surface area contributed by atoms with Crippen molar-refractivity contribution in [3.8, 4) is 0 Å². The van der Waals surface area contributed by atoms with Crippen molar-refractivity contribution in [1.82, 2.24) is 9.88 Å². The van der Waals surface area contributed by atoms with E-state index in [9.17, 15) is 14.7 Å². The number of aliphatic hydroxyl groups is 1. The molecule has 1 aromatic heterocycles. The lowest BCUT2D eigenvalue weighted by Gasteiger charge is -2.41. The number of aliphatic hydroxyl groups excluding tert-OH is 1. The Bertz CT molecular complexity index is 763. The van der Waals surface area contributed by atoms with Crippen LogP contribution in [-0.2, 0) is 9.53 Å². The average Bonchev–Trinajstić information content (AvgIpc) is 3.05. The fraction of sp³-hybridized carbons (Fsp3) is 0.682. The van der Waals surface area contributed by atoms with Crippen LogP contribution in [0.1, 0.15) is 51.9 Å². The van der Waals surface area contributed by atoms with Gasteiger partial charge in [0.2, 0.25) is 5.91 Å². The first kappa shape index (κ1) is 20.9. The maximum Gasteiger partial charge on any atom is 0.411 e. The van der Waals surface area contributed by atoms with Gasteiger partial charge in [-0.2, -0.15) is 0 Å². The van der Waals surface area contributed by atoms with Crippen LogP contribution in [-0.4, -0.2) is 65.4 Å². The summed E-state index contributed by atoms with van der Waals surface area (Å²) in [5, 5.41) is 12.4. The van der Waals surface area contributed by atoms with Crippen molar-refractivity contribution in [2.24, 2.45) is 5.41 Å². The molecule has 2 aliphatic heterocycles. The zero-order valence-corrected chi connectivity index (χ0v) is 17.7. The van der Waals surface area contributed by atoms with E-state index < -0.39 is 6.09 Å². The molecule has 1 aliphatic carbocycles. The summed E-state index contributed by atoms with van der Waals surface area (Å²) in [5.74, 6) is 1.12. The SMILES string of the molecule is CCOC(=O)Nc1ccc(N2CCC[C@@]3(CCN(C4CCC(O)CC4)C3=O)C2)nc1. The van der Waals surface area contributed by atoms with Crippen molar-refractivity contribution in [3.05, 3.63) is 18.3 Å². The minimum Gasteiger partial charge on any atom is -0.450 e. The first-order valence-corrected chi connectivity index (χ1v) is 11.1. The van der Waals surface area contributed by atoms with Gasteiger partial charge in [-0.3, -0.25) is 10.1 Å². The highest BCUT2D eigenvalue weighted by Crippen LogP contribution is 2.43. The molecule has 164 valence electrons. The van der Waals surface area contributed by atoms with Crippen LogP contribution < -0.4 is 10.2 Å². The molecule has 0 radical (unpaired) electrons. The quantitative estimate of drug-likeness (QED) is 0.784. The third-order valence-corrected chi connectivity index (χ3v) is 6.82. The van der Waals surface area contributed by atoms with E-state index in [1.807, 2.05) is 12.1 Å². The molecule has 30 heavy (non-hydrogen) atoms. The number of piperidine rings is 1. The lowest BCUT2D eigenvalue weighted by Crippen LogP contribution is -2.50. The fourth-order valence-corrected chi connectivity index (χ4v) is 5.20. The highest BCUT2D eigenvalue weighted by atomic mass is 16.5. The van der Waals surface area contributed by atoms with Crippen LogP contribution >= 0.6 is 0 Å². The second kappa shape index (κ2) is 8.79. The lowest BCUT2D eigenvalue weighted by atomic mass is 9.78. The molecule has 8 heteroatoms. The molecule has 4 rings (SSSR count). The summed E-state index contributed by atoms with van der Waals surface area (Å²) < 4.78 is 4.89. The van der Waals surface area contributed by atoms with Crippen molar-refractivity contribution in [1.29, 1.82) is 0 Å². The molecular weight excluding hydrogens is 384 g/mol. The smallest absolute Gasteiger partial charge is 0.411 e. The fourth-order valence-electron chi connectivity index (χ4n) is 5.20. The second-order valence-electron chi connectivity index (χ2n) is 8.77. The monoisotopic (exact) mass is 416 g/mol. The molecule has 0 unspecified atom stereocenters. The molecule has 1 saturated carbocycles. The summed E-state index contributed by atoms with van der Waals surface area (Å²) >= 11 is 0. The van der Waals surface area contributed by atoms with E-state index in [2.05, 4.69) is 20.1 Å². The molecule has 0 bridgehead atoms. The van der Waals surface area contributed by atoms with Crippen LogP contribution in [0.5, 0.6) is 0 Å². The van der Waals surface area contributed by atoms with Gasteiger partial charge >= 0.3 is 6.09 Å². The molecule has 3 fully saturated rings. The Hall–Kier alpha value is -2.35. The summed E-state index contributed by atoms with van der Waals surface area (Å²) in [6, 6.07) is 3.98. The van der Waals surface area contributed by atoms with Crippen LogP contribution in [0.2, 0.25) is 0 Å². The maximum atomic E-state index is 13.4. The molecule has 1 spiro atoms. The Morgan fingerprint density at radius 3 is 2.77 bits per heavy atom. The Balaban J connectivity index is 1.40. The third kappa shape index (κ3) is 4.24. The lowest BCUT2D eigenvalue weighted by molar-refractivity contribution is -0.139. The van der Waals surface area contributed by atoms with Gasteiger partial charge in [0, 0.05) is 25.7 Å². The number of carbonyl (C=O) groups is 2. The van der Waals surface area contributed by atoms with Gasteiger partial charge in [0.25, 0.3) is 0 Å². The van der Waals surface area contributed by atoms with E-state index in [1.54, 1.807) is 13.1 Å². The minimum absolute atomic E-state index is 0.203. The van der Waals surface area contributed by atoms with Gasteiger partial charge in [-0.1, -0.05) is 0 Å². The van der Waals surface area contributed by atoms with Crippen LogP contribution in [0.3, 0.4) is 0 Å². The average molecular weight is 417 g/mol.